The summed E-state index contributed by atoms with van der Waals surface area (Å²) in [5, 5.41) is 12.9. The Morgan fingerprint density at radius 2 is 2.23 bits per heavy atom. The molecule has 0 saturated heterocycles. The highest BCUT2D eigenvalue weighted by atomic mass is 32.1. The molecular formula is C15H16N4O2S. The topological polar surface area (TPSA) is 69.0 Å². The van der Waals surface area contributed by atoms with Crippen LogP contribution in [-0.4, -0.2) is 27.8 Å². The van der Waals surface area contributed by atoms with Crippen LogP contribution >= 0.6 is 11.3 Å². The number of fused-ring (bicyclic) bond motifs is 1. The molecule has 6 nitrogen and oxygen atoms in total. The number of carbonyl (C=O) groups excluding carboxylic acids is 1. The van der Waals surface area contributed by atoms with Gasteiger partial charge in [0, 0.05) is 24.5 Å². The molecule has 1 amide bonds. The second-order valence-corrected chi connectivity index (χ2v) is 6.01. The van der Waals surface area contributed by atoms with E-state index in [1.807, 2.05) is 42.0 Å². The van der Waals surface area contributed by atoms with Gasteiger partial charge < -0.3 is 14.6 Å². The van der Waals surface area contributed by atoms with Gasteiger partial charge in [-0.3, -0.25) is 4.79 Å². The Morgan fingerprint density at radius 3 is 2.95 bits per heavy atom. The summed E-state index contributed by atoms with van der Waals surface area (Å²) in [7, 11) is 1.66. The van der Waals surface area contributed by atoms with E-state index < -0.39 is 0 Å². The monoisotopic (exact) mass is 316 g/mol. The zero-order chi connectivity index (χ0) is 15.5. The van der Waals surface area contributed by atoms with Gasteiger partial charge in [0.25, 0.3) is 0 Å². The van der Waals surface area contributed by atoms with Crippen molar-refractivity contribution >= 4 is 33.3 Å². The van der Waals surface area contributed by atoms with E-state index in [1.54, 1.807) is 7.11 Å². The van der Waals surface area contributed by atoms with Crippen LogP contribution in [0.25, 0.3) is 10.9 Å². The molecule has 1 aromatic carbocycles. The van der Waals surface area contributed by atoms with Gasteiger partial charge in [-0.1, -0.05) is 17.4 Å². The highest BCUT2D eigenvalue weighted by Gasteiger charge is 2.09. The molecule has 1 N–H and O–H groups in total. The first-order valence-electron chi connectivity index (χ1n) is 6.89. The molecule has 0 fully saturated rings. The van der Waals surface area contributed by atoms with Crippen LogP contribution in [0.2, 0.25) is 0 Å². The zero-order valence-corrected chi connectivity index (χ0v) is 13.2. The van der Waals surface area contributed by atoms with Gasteiger partial charge in [-0.2, -0.15) is 0 Å². The summed E-state index contributed by atoms with van der Waals surface area (Å²) in [5.41, 5.74) is 1.05. The number of aromatic nitrogens is 3. The standard InChI is InChI=1S/C15H16N4O2S/c1-10-17-18-15(22-10)16-14(20)7-9-19-8-6-11-12(19)4-3-5-13(11)21-2/h3-6,8H,7,9H2,1-2H3,(H,16,18,20). The van der Waals surface area contributed by atoms with Crippen molar-refractivity contribution in [1.29, 1.82) is 0 Å². The van der Waals surface area contributed by atoms with Gasteiger partial charge in [-0.05, 0) is 25.1 Å². The number of nitrogens with zero attached hydrogens (tertiary/aromatic N) is 3. The SMILES string of the molecule is COc1cccc2c1ccn2CCC(=O)Nc1nnc(C)s1. The van der Waals surface area contributed by atoms with Gasteiger partial charge in [0.2, 0.25) is 11.0 Å². The molecule has 0 saturated carbocycles. The molecule has 0 atom stereocenters. The number of carbonyl (C=O) groups is 1. The van der Waals surface area contributed by atoms with Gasteiger partial charge in [0.15, 0.2) is 0 Å². The number of hydrogen-bond donors (Lipinski definition) is 1. The third-order valence-corrected chi connectivity index (χ3v) is 4.10. The number of ether oxygens (including phenoxy) is 1. The molecule has 0 aliphatic rings. The predicted molar refractivity (Wildman–Crippen MR) is 86.4 cm³/mol. The van der Waals surface area contributed by atoms with Crippen molar-refractivity contribution in [2.24, 2.45) is 0 Å². The van der Waals surface area contributed by atoms with Crippen LogP contribution in [0, 0.1) is 6.92 Å². The van der Waals surface area contributed by atoms with Gasteiger partial charge in [-0.15, -0.1) is 10.2 Å². The normalized spacial score (nSPS) is 10.8. The summed E-state index contributed by atoms with van der Waals surface area (Å²) in [6, 6.07) is 7.89. The Kier molecular flexibility index (Phi) is 4.06. The fourth-order valence-electron chi connectivity index (χ4n) is 2.32. The second-order valence-electron chi connectivity index (χ2n) is 4.83. The maximum absolute atomic E-state index is 12.0. The van der Waals surface area contributed by atoms with Crippen molar-refractivity contribution in [3.05, 3.63) is 35.5 Å². The Balaban J connectivity index is 1.67. The molecule has 7 heteroatoms. The minimum Gasteiger partial charge on any atom is -0.496 e. The van der Waals surface area contributed by atoms with Gasteiger partial charge in [0.1, 0.15) is 10.8 Å². The molecule has 22 heavy (non-hydrogen) atoms. The van der Waals surface area contributed by atoms with E-state index in [0.717, 1.165) is 21.7 Å². The zero-order valence-electron chi connectivity index (χ0n) is 12.4. The molecule has 2 heterocycles. The summed E-state index contributed by atoms with van der Waals surface area (Å²) >= 11 is 1.37. The first kappa shape index (κ1) is 14.5. The van der Waals surface area contributed by atoms with E-state index in [0.29, 0.717) is 18.1 Å². The molecule has 2 aromatic heterocycles. The van der Waals surface area contributed by atoms with E-state index in [9.17, 15) is 4.79 Å². The quantitative estimate of drug-likeness (QED) is 0.786. The smallest absolute Gasteiger partial charge is 0.227 e. The highest BCUT2D eigenvalue weighted by molar-refractivity contribution is 7.15. The van der Waals surface area contributed by atoms with E-state index in [1.165, 1.54) is 11.3 Å². The first-order chi connectivity index (χ1) is 10.7. The number of benzene rings is 1. The molecule has 114 valence electrons. The maximum Gasteiger partial charge on any atom is 0.227 e. The lowest BCUT2D eigenvalue weighted by molar-refractivity contribution is -0.116. The van der Waals surface area contributed by atoms with Crippen molar-refractivity contribution in [1.82, 2.24) is 14.8 Å². The minimum absolute atomic E-state index is 0.0686. The van der Waals surface area contributed by atoms with E-state index in [2.05, 4.69) is 15.5 Å². The Hall–Kier alpha value is -2.41. The summed E-state index contributed by atoms with van der Waals surface area (Å²) in [5.74, 6) is 0.769. The average Bonchev–Trinajstić information content (AvgIpc) is 3.11. The van der Waals surface area contributed by atoms with Crippen molar-refractivity contribution in [3.8, 4) is 5.75 Å². The maximum atomic E-state index is 12.0. The molecule has 3 aromatic rings. The van der Waals surface area contributed by atoms with Gasteiger partial charge >= 0.3 is 0 Å². The number of methoxy groups -OCH3 is 1. The predicted octanol–water partition coefficient (Wildman–Crippen LogP) is 2.84. The minimum atomic E-state index is -0.0686. The van der Waals surface area contributed by atoms with Gasteiger partial charge in [-0.25, -0.2) is 0 Å². The highest BCUT2D eigenvalue weighted by Crippen LogP contribution is 2.26. The van der Waals surface area contributed by atoms with Crippen molar-refractivity contribution < 1.29 is 9.53 Å². The molecule has 0 aliphatic carbocycles. The van der Waals surface area contributed by atoms with Crippen LogP contribution in [0.15, 0.2) is 30.5 Å². The van der Waals surface area contributed by atoms with Crippen LogP contribution in [0.4, 0.5) is 5.13 Å². The lowest BCUT2D eigenvalue weighted by atomic mass is 10.2. The average molecular weight is 316 g/mol. The van der Waals surface area contributed by atoms with Crippen molar-refractivity contribution in [2.45, 2.75) is 19.9 Å². The van der Waals surface area contributed by atoms with Crippen molar-refractivity contribution in [3.63, 3.8) is 0 Å². The number of anilines is 1. The number of nitrogens with one attached hydrogen (secondary N) is 1. The molecule has 0 unspecified atom stereocenters. The van der Waals surface area contributed by atoms with Gasteiger partial charge in [0.05, 0.1) is 12.6 Å². The fourth-order valence-corrected chi connectivity index (χ4v) is 2.93. The number of amides is 1. The van der Waals surface area contributed by atoms with Crippen molar-refractivity contribution in [2.75, 3.05) is 12.4 Å². The third-order valence-electron chi connectivity index (χ3n) is 3.35. The second kappa shape index (κ2) is 6.15. The van der Waals surface area contributed by atoms with Crippen LogP contribution in [0.5, 0.6) is 5.75 Å². The first-order valence-corrected chi connectivity index (χ1v) is 7.71. The van der Waals surface area contributed by atoms with Crippen LogP contribution in [0.3, 0.4) is 0 Å². The van der Waals surface area contributed by atoms with E-state index in [4.69, 9.17) is 4.74 Å². The van der Waals surface area contributed by atoms with Crippen LogP contribution in [0.1, 0.15) is 11.4 Å². The molecular weight excluding hydrogens is 300 g/mol. The van der Waals surface area contributed by atoms with E-state index >= 15 is 0 Å². The Labute approximate surface area is 131 Å². The number of hydrogen-bond acceptors (Lipinski definition) is 5. The molecule has 0 bridgehead atoms. The van der Waals surface area contributed by atoms with Crippen LogP contribution in [-0.2, 0) is 11.3 Å². The summed E-state index contributed by atoms with van der Waals surface area (Å²) in [6.45, 7) is 2.45. The van der Waals surface area contributed by atoms with Crippen LogP contribution < -0.4 is 10.1 Å². The lowest BCUT2D eigenvalue weighted by Crippen LogP contribution is -2.14. The molecule has 3 rings (SSSR count). The molecule has 0 spiro atoms. The number of rotatable bonds is 5. The Bertz CT molecular complexity index is 809. The third kappa shape index (κ3) is 2.94. The molecule has 0 radical (unpaired) electrons. The van der Waals surface area contributed by atoms with E-state index in [-0.39, 0.29) is 5.91 Å². The fraction of sp³-hybridized carbons (Fsp3) is 0.267. The summed E-state index contributed by atoms with van der Waals surface area (Å²) in [4.78, 5) is 12.0. The number of aryl methyl sites for hydroxylation is 2. The lowest BCUT2D eigenvalue weighted by Gasteiger charge is -2.06. The summed E-state index contributed by atoms with van der Waals surface area (Å²) in [6.07, 6.45) is 2.34. The molecule has 0 aliphatic heterocycles. The Morgan fingerprint density at radius 1 is 1.36 bits per heavy atom. The largest absolute Gasteiger partial charge is 0.496 e. The summed E-state index contributed by atoms with van der Waals surface area (Å²) < 4.78 is 7.39.